The number of methoxy groups -OCH3 is 1. The highest BCUT2D eigenvalue weighted by atomic mass is 19.1. The van der Waals surface area contributed by atoms with E-state index in [-0.39, 0.29) is 23.5 Å². The third kappa shape index (κ3) is 12.9. The number of likely N-dealkylation sites (tertiary alicyclic amines) is 2. The normalized spacial score (nSPS) is 17.7. The Morgan fingerprint density at radius 3 is 1.46 bits per heavy atom. The van der Waals surface area contributed by atoms with Crippen LogP contribution in [0.25, 0.3) is 0 Å². The zero-order valence-electron chi connectivity index (χ0n) is 37.3. The number of benzene rings is 3. The van der Waals surface area contributed by atoms with Crippen molar-refractivity contribution < 1.29 is 43.0 Å². The summed E-state index contributed by atoms with van der Waals surface area (Å²) in [6, 6.07) is 17.5. The lowest BCUT2D eigenvalue weighted by Gasteiger charge is -2.40. The van der Waals surface area contributed by atoms with Crippen LogP contribution in [0.5, 0.6) is 0 Å². The summed E-state index contributed by atoms with van der Waals surface area (Å²) in [7, 11) is 1.24. The molecule has 340 valence electrons. The summed E-state index contributed by atoms with van der Waals surface area (Å²) in [6.07, 6.45) is 1.89. The smallest absolute Gasteiger partial charge is 0.407 e. The van der Waals surface area contributed by atoms with E-state index in [9.17, 15) is 38.3 Å². The number of nitrogens with zero attached hydrogens (tertiary/aromatic N) is 3. The predicted octanol–water partition coefficient (Wildman–Crippen LogP) is 7.12. The maximum Gasteiger partial charge on any atom is 0.407 e. The number of carbonyl (C=O) groups excluding carboxylic acids is 5. The van der Waals surface area contributed by atoms with Gasteiger partial charge in [0.05, 0.1) is 7.11 Å². The molecule has 2 fully saturated rings. The van der Waals surface area contributed by atoms with Gasteiger partial charge in [0.15, 0.2) is 0 Å². The van der Waals surface area contributed by atoms with Gasteiger partial charge in [-0.1, -0.05) is 65.8 Å². The van der Waals surface area contributed by atoms with Gasteiger partial charge in [0.2, 0.25) is 23.6 Å². The number of piperidine rings is 2. The fourth-order valence-electron chi connectivity index (χ4n) is 8.03. The molecule has 3 aromatic rings. The standard InChI is InChI=1S/C47H62FN7O8/c1-46(2,3)38(51-44(60)61)42(58)54-26-10-8-12-36(54)40(56)49-33-20-14-30(15-21-33)28-53(35-24-18-32(48)19-25-35)29-31-16-22-34(23-17-31)50-41(57)37-13-9-11-27-55(37)43(59)39(47(4,5)6)52-45(62)63-7/h14-25,36-39,51H,8-13,26-29H2,1-7H3,(H,49,56)(H,50,57)(H,52,62)(H,60,61)/t36-,37-,38+,39+/m0/s1. The molecule has 63 heavy (non-hydrogen) atoms. The average Bonchev–Trinajstić information content (AvgIpc) is 3.24. The summed E-state index contributed by atoms with van der Waals surface area (Å²) in [5.41, 5.74) is 2.35. The van der Waals surface area contributed by atoms with Crippen molar-refractivity contribution in [1.29, 1.82) is 0 Å². The lowest BCUT2D eigenvalue weighted by Crippen LogP contribution is -2.59. The third-order valence-electron chi connectivity index (χ3n) is 11.5. The van der Waals surface area contributed by atoms with Gasteiger partial charge in [0.25, 0.3) is 0 Å². The molecule has 2 heterocycles. The lowest BCUT2D eigenvalue weighted by molar-refractivity contribution is -0.144. The quantitative estimate of drug-likeness (QED) is 0.119. The van der Waals surface area contributed by atoms with Crippen LogP contribution in [0.4, 0.5) is 31.0 Å². The Balaban J connectivity index is 1.25. The maximum absolute atomic E-state index is 14.0. The van der Waals surface area contributed by atoms with E-state index in [2.05, 4.69) is 26.2 Å². The average molecular weight is 872 g/mol. The first-order chi connectivity index (χ1) is 29.7. The van der Waals surface area contributed by atoms with Crippen molar-refractivity contribution in [3.8, 4) is 0 Å². The molecule has 0 radical (unpaired) electrons. The van der Waals surface area contributed by atoms with Crippen molar-refractivity contribution in [2.75, 3.05) is 35.7 Å². The minimum atomic E-state index is -1.31. The summed E-state index contributed by atoms with van der Waals surface area (Å²) in [5.74, 6) is -1.80. The highest BCUT2D eigenvalue weighted by Crippen LogP contribution is 2.29. The zero-order valence-corrected chi connectivity index (χ0v) is 37.3. The fourth-order valence-corrected chi connectivity index (χ4v) is 8.03. The summed E-state index contributed by atoms with van der Waals surface area (Å²) >= 11 is 0. The molecule has 4 atom stereocenters. The van der Waals surface area contributed by atoms with Crippen LogP contribution in [-0.2, 0) is 37.0 Å². The van der Waals surface area contributed by atoms with E-state index in [1.165, 1.54) is 24.1 Å². The Kier molecular flexibility index (Phi) is 15.8. The predicted molar refractivity (Wildman–Crippen MR) is 238 cm³/mol. The van der Waals surface area contributed by atoms with Crippen molar-refractivity contribution >= 4 is 52.9 Å². The van der Waals surface area contributed by atoms with Crippen LogP contribution in [-0.4, -0.2) is 95.1 Å². The molecule has 6 amide bonds. The van der Waals surface area contributed by atoms with E-state index in [1.807, 2.05) is 45.0 Å². The monoisotopic (exact) mass is 871 g/mol. The van der Waals surface area contributed by atoms with Crippen LogP contribution < -0.4 is 26.2 Å². The number of nitrogens with one attached hydrogen (secondary N) is 4. The van der Waals surface area contributed by atoms with Gasteiger partial charge in [-0.25, -0.2) is 14.0 Å². The molecular formula is C47H62FN7O8. The van der Waals surface area contributed by atoms with Crippen LogP contribution in [0, 0.1) is 16.6 Å². The molecule has 16 heteroatoms. The number of amides is 6. The van der Waals surface area contributed by atoms with Crippen molar-refractivity contribution in [3.63, 3.8) is 0 Å². The second-order valence-corrected chi connectivity index (χ2v) is 18.5. The minimum Gasteiger partial charge on any atom is -0.465 e. The molecule has 0 saturated carbocycles. The Hall–Kier alpha value is -6.19. The Bertz CT molecular complexity index is 2080. The molecule has 2 aliphatic heterocycles. The summed E-state index contributed by atoms with van der Waals surface area (Å²) in [6.45, 7) is 12.4. The van der Waals surface area contributed by atoms with Gasteiger partial charge in [0, 0.05) is 43.2 Å². The first-order valence-electron chi connectivity index (χ1n) is 21.5. The number of rotatable bonds is 13. The Morgan fingerprint density at radius 1 is 0.667 bits per heavy atom. The van der Waals surface area contributed by atoms with E-state index in [0.29, 0.717) is 56.8 Å². The Morgan fingerprint density at radius 2 is 1.08 bits per heavy atom. The van der Waals surface area contributed by atoms with Crippen LogP contribution in [0.2, 0.25) is 0 Å². The van der Waals surface area contributed by atoms with Crippen molar-refractivity contribution in [3.05, 3.63) is 89.7 Å². The van der Waals surface area contributed by atoms with Gasteiger partial charge in [-0.05, 0) is 109 Å². The molecule has 2 saturated heterocycles. The number of hydrogen-bond donors (Lipinski definition) is 5. The van der Waals surface area contributed by atoms with E-state index < -0.39 is 53.1 Å². The molecule has 5 rings (SSSR count). The number of carbonyl (C=O) groups is 6. The second-order valence-electron chi connectivity index (χ2n) is 18.5. The first kappa shape index (κ1) is 47.9. The van der Waals surface area contributed by atoms with E-state index in [0.717, 1.165) is 36.1 Å². The molecule has 3 aromatic carbocycles. The van der Waals surface area contributed by atoms with Gasteiger partial charge in [-0.15, -0.1) is 0 Å². The SMILES string of the molecule is COC(=O)N[C@H](C(=O)N1CCCC[C@H]1C(=O)Nc1ccc(CN(Cc2ccc(NC(=O)[C@@H]3CCCCN3C(=O)[C@@H](NC(=O)O)C(C)(C)C)cc2)c2ccc(F)cc2)cc1)C(C)(C)C. The number of carboxylic acid groups (broad SMARTS) is 1. The van der Waals surface area contributed by atoms with Gasteiger partial charge in [0.1, 0.15) is 30.0 Å². The molecule has 2 aliphatic rings. The molecule has 15 nitrogen and oxygen atoms in total. The number of halogens is 1. The molecule has 0 aromatic heterocycles. The highest BCUT2D eigenvalue weighted by molar-refractivity contribution is 5.99. The van der Waals surface area contributed by atoms with Gasteiger partial charge in [-0.3, -0.25) is 19.2 Å². The van der Waals surface area contributed by atoms with Gasteiger partial charge >= 0.3 is 12.2 Å². The van der Waals surface area contributed by atoms with Crippen molar-refractivity contribution in [1.82, 2.24) is 20.4 Å². The van der Waals surface area contributed by atoms with Crippen LogP contribution in [0.1, 0.15) is 91.2 Å². The number of hydrogen-bond acceptors (Lipinski definition) is 8. The van der Waals surface area contributed by atoms with E-state index >= 15 is 0 Å². The van der Waals surface area contributed by atoms with Crippen molar-refractivity contribution in [2.45, 2.75) is 117 Å². The zero-order chi connectivity index (χ0) is 46.1. The maximum atomic E-state index is 14.0. The molecule has 0 aliphatic carbocycles. The van der Waals surface area contributed by atoms with Gasteiger partial charge in [-0.2, -0.15) is 0 Å². The number of alkyl carbamates (subject to hydrolysis) is 1. The number of anilines is 3. The molecular weight excluding hydrogens is 810 g/mol. The largest absolute Gasteiger partial charge is 0.465 e. The van der Waals surface area contributed by atoms with Crippen LogP contribution in [0.3, 0.4) is 0 Å². The molecule has 5 N–H and O–H groups in total. The first-order valence-corrected chi connectivity index (χ1v) is 21.5. The van der Waals surface area contributed by atoms with Crippen LogP contribution >= 0.6 is 0 Å². The second kappa shape index (κ2) is 20.8. The topological polar surface area (TPSA) is 190 Å². The van der Waals surface area contributed by atoms with Crippen LogP contribution in [0.15, 0.2) is 72.8 Å². The third-order valence-corrected chi connectivity index (χ3v) is 11.5. The molecule has 0 spiro atoms. The minimum absolute atomic E-state index is 0.319. The van der Waals surface area contributed by atoms with E-state index in [1.54, 1.807) is 62.1 Å². The fraction of sp³-hybridized carbons (Fsp3) is 0.489. The lowest BCUT2D eigenvalue weighted by atomic mass is 9.85. The highest BCUT2D eigenvalue weighted by Gasteiger charge is 2.42. The number of ether oxygens (including phenoxy) is 1. The summed E-state index contributed by atoms with van der Waals surface area (Å²) < 4.78 is 18.8. The molecule has 0 unspecified atom stereocenters. The van der Waals surface area contributed by atoms with E-state index in [4.69, 9.17) is 4.74 Å². The molecule has 0 bridgehead atoms. The van der Waals surface area contributed by atoms with Crippen molar-refractivity contribution in [2.24, 2.45) is 10.8 Å². The summed E-state index contributed by atoms with van der Waals surface area (Å²) in [5, 5.41) is 20.3. The van der Waals surface area contributed by atoms with Gasteiger partial charge < -0.3 is 45.8 Å². The Labute approximate surface area is 369 Å². The summed E-state index contributed by atoms with van der Waals surface area (Å²) in [4.78, 5) is 83.5.